The fourth-order valence-electron chi connectivity index (χ4n) is 1.99. The molecule has 1 unspecified atom stereocenters. The summed E-state index contributed by atoms with van der Waals surface area (Å²) in [6.45, 7) is 0.621. The van der Waals surface area contributed by atoms with E-state index in [0.717, 1.165) is 6.08 Å². The molecule has 0 aliphatic carbocycles. The Kier molecular flexibility index (Phi) is 4.32. The van der Waals surface area contributed by atoms with E-state index in [0.29, 0.717) is 18.5 Å². The lowest BCUT2D eigenvalue weighted by molar-refractivity contribution is -0.131. The molecule has 1 atom stereocenters. The molecule has 2 rings (SSSR count). The Labute approximate surface area is 121 Å². The molecule has 2 amide bonds. The van der Waals surface area contributed by atoms with Crippen LogP contribution in [0.25, 0.3) is 6.08 Å². The highest BCUT2D eigenvalue weighted by atomic mass is 16.4. The second-order valence-corrected chi connectivity index (χ2v) is 4.72. The third-order valence-corrected chi connectivity index (χ3v) is 3.17. The van der Waals surface area contributed by atoms with Gasteiger partial charge in [0.15, 0.2) is 0 Å². The predicted octanol–water partition coefficient (Wildman–Crippen LogP) is 0.140. The maximum Gasteiger partial charge on any atom is 0.328 e. The Morgan fingerprint density at radius 2 is 2.24 bits per heavy atom. The zero-order valence-corrected chi connectivity index (χ0v) is 11.4. The Bertz CT molecular complexity index is 595. The Balaban J connectivity index is 2.00. The molecule has 1 aliphatic heterocycles. The molecule has 1 fully saturated rings. The van der Waals surface area contributed by atoms with Gasteiger partial charge >= 0.3 is 5.97 Å². The van der Waals surface area contributed by atoms with Crippen LogP contribution in [0.2, 0.25) is 0 Å². The van der Waals surface area contributed by atoms with Gasteiger partial charge in [-0.1, -0.05) is 6.07 Å². The molecule has 0 spiro atoms. The first-order valence-electron chi connectivity index (χ1n) is 6.40. The van der Waals surface area contributed by atoms with Gasteiger partial charge in [0.05, 0.1) is 0 Å². The van der Waals surface area contributed by atoms with Crippen LogP contribution in [0, 0.1) is 0 Å². The van der Waals surface area contributed by atoms with Gasteiger partial charge in [-0.15, -0.1) is 0 Å². The fraction of sp³-hybridized carbons (Fsp3) is 0.286. The lowest BCUT2D eigenvalue weighted by atomic mass is 10.2. The van der Waals surface area contributed by atoms with Crippen molar-refractivity contribution in [3.05, 3.63) is 35.7 Å². The summed E-state index contributed by atoms with van der Waals surface area (Å²) in [4.78, 5) is 39.6. The van der Waals surface area contributed by atoms with E-state index in [2.05, 4.69) is 10.3 Å². The van der Waals surface area contributed by atoms with Crippen molar-refractivity contribution in [1.82, 2.24) is 15.2 Å². The van der Waals surface area contributed by atoms with E-state index >= 15 is 0 Å². The van der Waals surface area contributed by atoms with Crippen molar-refractivity contribution in [1.29, 1.82) is 0 Å². The van der Waals surface area contributed by atoms with Crippen LogP contribution in [0.1, 0.15) is 22.5 Å². The van der Waals surface area contributed by atoms with E-state index in [1.54, 1.807) is 18.0 Å². The molecule has 1 aromatic rings. The summed E-state index contributed by atoms with van der Waals surface area (Å²) >= 11 is 0. The number of likely N-dealkylation sites (N-methyl/N-ethyl adjacent to an activating group) is 1. The third-order valence-electron chi connectivity index (χ3n) is 3.17. The number of rotatable bonds is 4. The molecule has 2 N–H and O–H groups in total. The number of aromatic nitrogens is 1. The number of pyridine rings is 1. The number of carboxylic acid groups (broad SMARTS) is 1. The molecular formula is C14H15N3O4. The van der Waals surface area contributed by atoms with E-state index in [1.807, 2.05) is 0 Å². The summed E-state index contributed by atoms with van der Waals surface area (Å²) < 4.78 is 0. The largest absolute Gasteiger partial charge is 0.478 e. The van der Waals surface area contributed by atoms with Crippen molar-refractivity contribution < 1.29 is 19.5 Å². The van der Waals surface area contributed by atoms with Gasteiger partial charge in [0.2, 0.25) is 5.91 Å². The van der Waals surface area contributed by atoms with Crippen molar-refractivity contribution >= 4 is 23.9 Å². The number of carboxylic acids is 1. The van der Waals surface area contributed by atoms with Gasteiger partial charge in [0.1, 0.15) is 11.7 Å². The van der Waals surface area contributed by atoms with Crippen LogP contribution < -0.4 is 5.32 Å². The number of nitrogens with one attached hydrogen (secondary N) is 1. The first kappa shape index (κ1) is 14.7. The predicted molar refractivity (Wildman–Crippen MR) is 74.4 cm³/mol. The SMILES string of the molecule is CN1CCC(NC(=O)c2ccc(/C=C/C(=O)O)cn2)C1=O. The molecule has 110 valence electrons. The lowest BCUT2D eigenvalue weighted by Crippen LogP contribution is -2.40. The molecule has 21 heavy (non-hydrogen) atoms. The van der Waals surface area contributed by atoms with Crippen molar-refractivity contribution in [3.8, 4) is 0 Å². The minimum Gasteiger partial charge on any atom is -0.478 e. The minimum atomic E-state index is -1.05. The molecule has 7 heteroatoms. The molecule has 1 aliphatic rings. The highest BCUT2D eigenvalue weighted by Gasteiger charge is 2.30. The van der Waals surface area contributed by atoms with Crippen molar-refractivity contribution in [2.45, 2.75) is 12.5 Å². The number of carbonyl (C=O) groups excluding carboxylic acids is 2. The molecule has 1 aromatic heterocycles. The molecule has 0 aromatic carbocycles. The summed E-state index contributed by atoms with van der Waals surface area (Å²) in [6, 6.07) is 2.57. The number of hydrogen-bond donors (Lipinski definition) is 2. The topological polar surface area (TPSA) is 99.6 Å². The number of hydrogen-bond acceptors (Lipinski definition) is 4. The monoisotopic (exact) mass is 289 g/mol. The van der Waals surface area contributed by atoms with Crippen LogP contribution in [0.15, 0.2) is 24.4 Å². The van der Waals surface area contributed by atoms with Crippen molar-refractivity contribution in [3.63, 3.8) is 0 Å². The number of amides is 2. The summed E-state index contributed by atoms with van der Waals surface area (Å²) in [6.07, 6.45) is 4.35. The standard InChI is InChI=1S/C14H15N3O4/c1-17-7-6-11(14(17)21)16-13(20)10-4-2-9(8-15-10)3-5-12(18)19/h2-5,8,11H,6-7H2,1H3,(H,16,20)(H,18,19)/b5-3+. The smallest absolute Gasteiger partial charge is 0.328 e. The Hall–Kier alpha value is -2.70. The van der Waals surface area contributed by atoms with Gasteiger partial charge in [-0.2, -0.15) is 0 Å². The summed E-state index contributed by atoms with van der Waals surface area (Å²) in [5.41, 5.74) is 0.760. The van der Waals surface area contributed by atoms with Crippen molar-refractivity contribution in [2.24, 2.45) is 0 Å². The van der Waals surface area contributed by atoms with Crippen LogP contribution >= 0.6 is 0 Å². The normalized spacial score (nSPS) is 18.2. The van der Waals surface area contributed by atoms with Gasteiger partial charge in [-0.3, -0.25) is 14.6 Å². The van der Waals surface area contributed by atoms with Gasteiger partial charge < -0.3 is 15.3 Å². The van der Waals surface area contributed by atoms with E-state index in [-0.39, 0.29) is 11.6 Å². The molecule has 0 radical (unpaired) electrons. The van der Waals surface area contributed by atoms with E-state index in [1.165, 1.54) is 18.3 Å². The van der Waals surface area contributed by atoms with Crippen LogP contribution in [0.3, 0.4) is 0 Å². The highest BCUT2D eigenvalue weighted by Crippen LogP contribution is 2.09. The highest BCUT2D eigenvalue weighted by molar-refractivity contribution is 5.96. The number of likely N-dealkylation sites (tertiary alicyclic amines) is 1. The summed E-state index contributed by atoms with van der Waals surface area (Å²) in [5.74, 6) is -1.58. The zero-order chi connectivity index (χ0) is 15.4. The van der Waals surface area contributed by atoms with Crippen LogP contribution in [-0.2, 0) is 9.59 Å². The Morgan fingerprint density at radius 1 is 1.48 bits per heavy atom. The first-order chi connectivity index (χ1) is 9.97. The summed E-state index contributed by atoms with van der Waals surface area (Å²) in [7, 11) is 1.69. The number of carbonyl (C=O) groups is 3. The molecule has 7 nitrogen and oxygen atoms in total. The quantitative estimate of drug-likeness (QED) is 0.768. The number of nitrogens with zero attached hydrogens (tertiary/aromatic N) is 2. The average Bonchev–Trinajstić information content (AvgIpc) is 2.77. The zero-order valence-electron chi connectivity index (χ0n) is 11.4. The number of aliphatic carboxylic acids is 1. The third kappa shape index (κ3) is 3.65. The fourth-order valence-corrected chi connectivity index (χ4v) is 1.99. The van der Waals surface area contributed by atoms with E-state index < -0.39 is 17.9 Å². The maximum atomic E-state index is 12.0. The van der Waals surface area contributed by atoms with Gasteiger partial charge in [-0.05, 0) is 24.1 Å². The van der Waals surface area contributed by atoms with Crippen LogP contribution in [0.5, 0.6) is 0 Å². The molecule has 0 saturated carbocycles. The lowest BCUT2D eigenvalue weighted by Gasteiger charge is -2.11. The van der Waals surface area contributed by atoms with Crippen LogP contribution in [0.4, 0.5) is 0 Å². The van der Waals surface area contributed by atoms with Gasteiger partial charge in [-0.25, -0.2) is 4.79 Å². The minimum absolute atomic E-state index is 0.107. The van der Waals surface area contributed by atoms with E-state index in [4.69, 9.17) is 5.11 Å². The first-order valence-corrected chi connectivity index (χ1v) is 6.40. The Morgan fingerprint density at radius 3 is 2.76 bits per heavy atom. The molecule has 2 heterocycles. The maximum absolute atomic E-state index is 12.0. The van der Waals surface area contributed by atoms with Crippen LogP contribution in [-0.4, -0.2) is 52.4 Å². The second-order valence-electron chi connectivity index (χ2n) is 4.72. The van der Waals surface area contributed by atoms with Gasteiger partial charge in [0.25, 0.3) is 5.91 Å². The molecular weight excluding hydrogens is 274 g/mol. The second kappa shape index (κ2) is 6.17. The van der Waals surface area contributed by atoms with E-state index in [9.17, 15) is 14.4 Å². The van der Waals surface area contributed by atoms with Crippen molar-refractivity contribution in [2.75, 3.05) is 13.6 Å². The molecule has 0 bridgehead atoms. The average molecular weight is 289 g/mol. The summed E-state index contributed by atoms with van der Waals surface area (Å²) in [5, 5.41) is 11.2. The van der Waals surface area contributed by atoms with Gasteiger partial charge in [0, 0.05) is 25.9 Å². The molecule has 1 saturated heterocycles.